The Morgan fingerprint density at radius 2 is 1.80 bits per heavy atom. The summed E-state index contributed by atoms with van der Waals surface area (Å²) in [6.45, 7) is 0. The first kappa shape index (κ1) is 11.8. The highest BCUT2D eigenvalue weighted by Crippen LogP contribution is 2.30. The van der Waals surface area contributed by atoms with E-state index in [4.69, 9.17) is 0 Å². The Kier molecular flexibility index (Phi) is 2.84. The molecule has 0 aromatic carbocycles. The molecule has 0 spiro atoms. The number of aromatic nitrogens is 3. The predicted octanol–water partition coefficient (Wildman–Crippen LogP) is 4.46. The van der Waals surface area contributed by atoms with Crippen LogP contribution in [0.4, 0.5) is 5.82 Å². The Balaban J connectivity index is 1.86. The lowest BCUT2D eigenvalue weighted by atomic mass is 10.2. The van der Waals surface area contributed by atoms with Crippen LogP contribution in [-0.4, -0.2) is 15.0 Å². The molecule has 96 valence electrons. The van der Waals surface area contributed by atoms with Crippen molar-refractivity contribution in [3.63, 3.8) is 0 Å². The molecule has 0 N–H and O–H groups in total. The Hall–Kier alpha value is -2.02. The Labute approximate surface area is 125 Å². The molecule has 4 heterocycles. The normalized spacial score (nSPS) is 13.0. The second kappa shape index (κ2) is 4.82. The maximum Gasteiger partial charge on any atom is 0.165 e. The zero-order valence-electron chi connectivity index (χ0n) is 10.4. The number of hydrogen-bond acceptors (Lipinski definition) is 4. The fraction of sp³-hybridized carbons (Fsp3) is 0. The van der Waals surface area contributed by atoms with Gasteiger partial charge in [0.1, 0.15) is 0 Å². The van der Waals surface area contributed by atoms with Crippen LogP contribution in [0.3, 0.4) is 0 Å². The molecule has 0 amide bonds. The molecule has 20 heavy (non-hydrogen) atoms. The topological polar surface area (TPSA) is 51.0 Å². The summed E-state index contributed by atoms with van der Waals surface area (Å²) in [5.74, 6) is 0.834. The van der Waals surface area contributed by atoms with Crippen molar-refractivity contribution < 1.29 is 0 Å². The SMILES string of the molecule is C1=Cc2ccc(-c3ccc4cccnc4n3)nc2N=I1. The maximum atomic E-state index is 4.61. The van der Waals surface area contributed by atoms with Crippen molar-refractivity contribution in [3.8, 4) is 11.4 Å². The fourth-order valence-corrected chi connectivity index (χ4v) is 3.42. The highest BCUT2D eigenvalue weighted by molar-refractivity contribution is 14.2. The van der Waals surface area contributed by atoms with Gasteiger partial charge in [0.15, 0.2) is 11.5 Å². The van der Waals surface area contributed by atoms with E-state index < -0.39 is 0 Å². The molecule has 0 radical (unpaired) electrons. The molecule has 3 aromatic rings. The largest absolute Gasteiger partial charge is 0.237 e. The van der Waals surface area contributed by atoms with Crippen molar-refractivity contribution >= 4 is 44.0 Å². The quantitative estimate of drug-likeness (QED) is 0.593. The van der Waals surface area contributed by atoms with Crippen molar-refractivity contribution in [2.24, 2.45) is 3.15 Å². The first-order valence-electron chi connectivity index (χ1n) is 6.14. The van der Waals surface area contributed by atoms with Gasteiger partial charge in [0.25, 0.3) is 0 Å². The van der Waals surface area contributed by atoms with E-state index in [2.05, 4.69) is 28.3 Å². The second-order valence-corrected chi connectivity index (χ2v) is 6.09. The number of hydrogen-bond donors (Lipinski definition) is 0. The number of nitrogens with zero attached hydrogens (tertiary/aromatic N) is 4. The minimum absolute atomic E-state index is 0.237. The number of rotatable bonds is 1. The van der Waals surface area contributed by atoms with Crippen LogP contribution in [0.25, 0.3) is 28.5 Å². The summed E-state index contributed by atoms with van der Waals surface area (Å²) < 4.78 is 6.65. The Morgan fingerprint density at radius 1 is 0.900 bits per heavy atom. The lowest BCUT2D eigenvalue weighted by molar-refractivity contribution is 1.23. The van der Waals surface area contributed by atoms with Gasteiger partial charge in [-0.2, -0.15) is 0 Å². The molecule has 3 aromatic heterocycles. The first-order valence-corrected chi connectivity index (χ1v) is 8.35. The van der Waals surface area contributed by atoms with Crippen LogP contribution in [0.1, 0.15) is 5.56 Å². The third-order valence-electron chi connectivity index (χ3n) is 3.06. The molecule has 1 aliphatic rings. The summed E-state index contributed by atoms with van der Waals surface area (Å²) in [5.41, 5.74) is 3.51. The number of fused-ring (bicyclic) bond motifs is 2. The zero-order valence-corrected chi connectivity index (χ0v) is 12.5. The lowest BCUT2D eigenvalue weighted by Gasteiger charge is -2.06. The maximum absolute atomic E-state index is 4.61. The van der Waals surface area contributed by atoms with Gasteiger partial charge in [-0.3, -0.25) is 0 Å². The summed E-state index contributed by atoms with van der Waals surface area (Å²) in [5, 5.41) is 1.03. The summed E-state index contributed by atoms with van der Waals surface area (Å²) in [4.78, 5) is 13.5. The lowest BCUT2D eigenvalue weighted by Crippen LogP contribution is -1.91. The molecule has 0 unspecified atom stereocenters. The van der Waals surface area contributed by atoms with Crippen molar-refractivity contribution in [1.82, 2.24) is 15.0 Å². The summed E-state index contributed by atoms with van der Waals surface area (Å²) in [6, 6.07) is 12.0. The van der Waals surface area contributed by atoms with Gasteiger partial charge in [-0.05, 0) is 46.6 Å². The fourth-order valence-electron chi connectivity index (χ4n) is 2.07. The van der Waals surface area contributed by atoms with Crippen LogP contribution >= 0.6 is 21.0 Å². The molecule has 5 heteroatoms. The average Bonchev–Trinajstić information content (AvgIpc) is 2.54. The molecule has 0 atom stereocenters. The van der Waals surface area contributed by atoms with Gasteiger partial charge in [-0.1, -0.05) is 0 Å². The highest BCUT2D eigenvalue weighted by Gasteiger charge is 2.08. The van der Waals surface area contributed by atoms with E-state index in [0.29, 0.717) is 0 Å². The smallest absolute Gasteiger partial charge is 0.165 e. The van der Waals surface area contributed by atoms with E-state index in [9.17, 15) is 0 Å². The van der Waals surface area contributed by atoms with Gasteiger partial charge in [0.05, 0.1) is 11.4 Å². The molecule has 1 aliphatic heterocycles. The predicted molar refractivity (Wildman–Crippen MR) is 87.9 cm³/mol. The van der Waals surface area contributed by atoms with E-state index in [1.165, 1.54) is 0 Å². The summed E-state index contributed by atoms with van der Waals surface area (Å²) in [6.07, 6.45) is 3.85. The van der Waals surface area contributed by atoms with Gasteiger partial charge >= 0.3 is 0 Å². The minimum atomic E-state index is -0.237. The third-order valence-corrected chi connectivity index (χ3v) is 4.48. The van der Waals surface area contributed by atoms with Gasteiger partial charge < -0.3 is 0 Å². The Morgan fingerprint density at radius 3 is 2.80 bits per heavy atom. The average molecular weight is 372 g/mol. The molecular weight excluding hydrogens is 363 g/mol. The molecule has 0 saturated carbocycles. The number of pyridine rings is 3. The van der Waals surface area contributed by atoms with Crippen LogP contribution in [-0.2, 0) is 0 Å². The zero-order chi connectivity index (χ0) is 13.4. The Bertz CT molecular complexity index is 871. The van der Waals surface area contributed by atoms with Crippen LogP contribution in [0.15, 0.2) is 49.8 Å². The van der Waals surface area contributed by atoms with Crippen LogP contribution in [0.2, 0.25) is 0 Å². The van der Waals surface area contributed by atoms with E-state index >= 15 is 0 Å². The molecule has 0 bridgehead atoms. The van der Waals surface area contributed by atoms with Crippen LogP contribution in [0.5, 0.6) is 0 Å². The third kappa shape index (κ3) is 2.03. The second-order valence-electron chi connectivity index (χ2n) is 4.33. The van der Waals surface area contributed by atoms with Crippen molar-refractivity contribution in [2.75, 3.05) is 0 Å². The monoisotopic (exact) mass is 372 g/mol. The van der Waals surface area contributed by atoms with Gasteiger partial charge in [-0.15, -0.1) is 0 Å². The van der Waals surface area contributed by atoms with Crippen LogP contribution in [0, 0.1) is 0 Å². The van der Waals surface area contributed by atoms with E-state index in [1.54, 1.807) is 6.20 Å². The highest BCUT2D eigenvalue weighted by atomic mass is 127. The van der Waals surface area contributed by atoms with E-state index in [0.717, 1.165) is 33.8 Å². The summed E-state index contributed by atoms with van der Waals surface area (Å²) in [7, 11) is 0. The first-order chi connectivity index (χ1) is 9.90. The van der Waals surface area contributed by atoms with Crippen molar-refractivity contribution in [3.05, 3.63) is 52.2 Å². The standard InChI is InChI=1S/C15H9IN4/c1-2-10-3-5-12(18-14(10)17-9-1)13-6-4-11-7-8-16-20-15(11)19-13/h1-9H. The molecule has 4 rings (SSSR count). The molecule has 0 aliphatic carbocycles. The number of halogens is 1. The molecule has 0 saturated heterocycles. The van der Waals surface area contributed by atoms with E-state index in [-0.39, 0.29) is 21.0 Å². The molecular formula is C15H9IN4. The van der Waals surface area contributed by atoms with Crippen molar-refractivity contribution in [2.45, 2.75) is 0 Å². The minimum Gasteiger partial charge on any atom is -0.237 e. The van der Waals surface area contributed by atoms with Crippen molar-refractivity contribution in [1.29, 1.82) is 0 Å². The summed E-state index contributed by atoms with van der Waals surface area (Å²) >= 11 is -0.237. The van der Waals surface area contributed by atoms with Gasteiger partial charge in [0, 0.05) is 38.2 Å². The van der Waals surface area contributed by atoms with Crippen LogP contribution < -0.4 is 0 Å². The van der Waals surface area contributed by atoms with Gasteiger partial charge in [0.2, 0.25) is 0 Å². The molecule has 0 fully saturated rings. The molecule has 4 nitrogen and oxygen atoms in total. The van der Waals surface area contributed by atoms with E-state index in [1.807, 2.05) is 36.4 Å². The van der Waals surface area contributed by atoms with Gasteiger partial charge in [-0.25, -0.2) is 18.1 Å².